The fourth-order valence-corrected chi connectivity index (χ4v) is 3.94. The first-order chi connectivity index (χ1) is 10.8. The number of thiazole rings is 1. The van der Waals surface area contributed by atoms with Crippen LogP contribution >= 0.6 is 11.3 Å². The van der Waals surface area contributed by atoms with E-state index in [-0.39, 0.29) is 12.1 Å². The lowest BCUT2D eigenvalue weighted by Gasteiger charge is -2.34. The molecule has 1 aliphatic rings. The standard InChI is InChI=1S/C16H21N3O2S/c1-21-11-9-17-16(20)19-10-5-4-7-13(19)15-18-12-6-2-3-8-14(12)22-15/h2-3,6,8,13H,4-5,7,9-11H2,1H3,(H,17,20). The molecule has 0 saturated carbocycles. The van der Waals surface area contributed by atoms with Gasteiger partial charge in [-0.3, -0.25) is 0 Å². The molecule has 1 unspecified atom stereocenters. The lowest BCUT2D eigenvalue weighted by atomic mass is 10.0. The van der Waals surface area contributed by atoms with Gasteiger partial charge in [0.1, 0.15) is 5.01 Å². The number of likely N-dealkylation sites (tertiary alicyclic amines) is 1. The molecule has 1 aromatic carbocycles. The molecule has 1 N–H and O–H groups in total. The molecule has 1 fully saturated rings. The summed E-state index contributed by atoms with van der Waals surface area (Å²) in [7, 11) is 1.64. The van der Waals surface area contributed by atoms with Crippen LogP contribution in [0.3, 0.4) is 0 Å². The lowest BCUT2D eigenvalue weighted by Crippen LogP contribution is -2.45. The van der Waals surface area contributed by atoms with Crippen LogP contribution in [-0.4, -0.2) is 42.7 Å². The van der Waals surface area contributed by atoms with Gasteiger partial charge in [0.25, 0.3) is 0 Å². The van der Waals surface area contributed by atoms with Crippen molar-refractivity contribution in [3.8, 4) is 0 Å². The molecule has 2 heterocycles. The van der Waals surface area contributed by atoms with Gasteiger partial charge in [-0.05, 0) is 31.4 Å². The molecule has 0 spiro atoms. The van der Waals surface area contributed by atoms with Gasteiger partial charge in [-0.2, -0.15) is 0 Å². The van der Waals surface area contributed by atoms with Gasteiger partial charge in [-0.15, -0.1) is 11.3 Å². The van der Waals surface area contributed by atoms with Gasteiger partial charge >= 0.3 is 6.03 Å². The topological polar surface area (TPSA) is 54.5 Å². The van der Waals surface area contributed by atoms with Gasteiger partial charge in [0, 0.05) is 20.2 Å². The molecule has 5 nitrogen and oxygen atoms in total. The molecule has 22 heavy (non-hydrogen) atoms. The summed E-state index contributed by atoms with van der Waals surface area (Å²) in [4.78, 5) is 19.1. The van der Waals surface area contributed by atoms with Crippen LogP contribution in [0.4, 0.5) is 4.79 Å². The zero-order chi connectivity index (χ0) is 15.4. The third-order valence-corrected chi connectivity index (χ3v) is 5.08. The minimum Gasteiger partial charge on any atom is -0.383 e. The number of benzene rings is 1. The summed E-state index contributed by atoms with van der Waals surface area (Å²) in [5.41, 5.74) is 1.02. The lowest BCUT2D eigenvalue weighted by molar-refractivity contribution is 0.145. The highest BCUT2D eigenvalue weighted by Gasteiger charge is 2.30. The number of rotatable bonds is 4. The largest absolute Gasteiger partial charge is 0.383 e. The average molecular weight is 319 g/mol. The predicted octanol–water partition coefficient (Wildman–Crippen LogP) is 3.18. The number of para-hydroxylation sites is 1. The van der Waals surface area contributed by atoms with E-state index in [0.29, 0.717) is 13.2 Å². The minimum absolute atomic E-state index is 0.0130. The molecular weight excluding hydrogens is 298 g/mol. The number of methoxy groups -OCH3 is 1. The summed E-state index contributed by atoms with van der Waals surface area (Å²) in [5, 5.41) is 3.97. The first-order valence-corrected chi connectivity index (χ1v) is 8.50. The quantitative estimate of drug-likeness (QED) is 0.881. The maximum absolute atomic E-state index is 12.4. The van der Waals surface area contributed by atoms with E-state index < -0.39 is 0 Å². The summed E-state index contributed by atoms with van der Waals surface area (Å²) in [6.45, 7) is 1.86. The molecule has 0 radical (unpaired) electrons. The molecule has 1 aliphatic heterocycles. The minimum atomic E-state index is -0.0130. The van der Waals surface area contributed by atoms with Gasteiger partial charge in [0.15, 0.2) is 0 Å². The van der Waals surface area contributed by atoms with Crippen LogP contribution in [0.25, 0.3) is 10.2 Å². The van der Waals surface area contributed by atoms with Crippen LogP contribution in [0.2, 0.25) is 0 Å². The van der Waals surface area contributed by atoms with Crippen molar-refractivity contribution in [3.05, 3.63) is 29.3 Å². The highest BCUT2D eigenvalue weighted by Crippen LogP contribution is 2.35. The number of hydrogen-bond donors (Lipinski definition) is 1. The number of hydrogen-bond acceptors (Lipinski definition) is 4. The Labute approximate surface area is 134 Å². The SMILES string of the molecule is COCCNC(=O)N1CCCCC1c1nc2ccccc2s1. The Bertz CT molecular complexity index is 610. The maximum Gasteiger partial charge on any atom is 0.318 e. The first kappa shape index (κ1) is 15.2. The Hall–Kier alpha value is -1.66. The van der Waals surface area contributed by atoms with Crippen LogP contribution < -0.4 is 5.32 Å². The van der Waals surface area contributed by atoms with E-state index in [9.17, 15) is 4.79 Å². The number of urea groups is 1. The number of piperidine rings is 1. The van der Waals surface area contributed by atoms with Crippen molar-refractivity contribution in [1.82, 2.24) is 15.2 Å². The summed E-state index contributed by atoms with van der Waals surface area (Å²) in [6, 6.07) is 8.22. The van der Waals surface area contributed by atoms with Crippen molar-refractivity contribution in [1.29, 1.82) is 0 Å². The number of aromatic nitrogens is 1. The van der Waals surface area contributed by atoms with Gasteiger partial charge in [-0.25, -0.2) is 9.78 Å². The van der Waals surface area contributed by atoms with Crippen LogP contribution in [0.15, 0.2) is 24.3 Å². The summed E-state index contributed by atoms with van der Waals surface area (Å²) in [5.74, 6) is 0. The molecule has 118 valence electrons. The van der Waals surface area contributed by atoms with E-state index in [2.05, 4.69) is 11.4 Å². The molecule has 2 amide bonds. The molecule has 1 saturated heterocycles. The Kier molecular flexibility index (Phi) is 4.90. The molecule has 6 heteroatoms. The first-order valence-electron chi connectivity index (χ1n) is 7.68. The number of nitrogens with one attached hydrogen (secondary N) is 1. The Morgan fingerprint density at radius 3 is 3.14 bits per heavy atom. The summed E-state index contributed by atoms with van der Waals surface area (Å²) < 4.78 is 6.17. The van der Waals surface area contributed by atoms with Crippen LogP contribution in [0.1, 0.15) is 30.3 Å². The van der Waals surface area contributed by atoms with Gasteiger partial charge in [-0.1, -0.05) is 12.1 Å². The number of ether oxygens (including phenoxy) is 1. The maximum atomic E-state index is 12.4. The third kappa shape index (κ3) is 3.23. The Morgan fingerprint density at radius 1 is 1.45 bits per heavy atom. The second kappa shape index (κ2) is 7.07. The van der Waals surface area contributed by atoms with E-state index in [0.717, 1.165) is 36.3 Å². The second-order valence-electron chi connectivity index (χ2n) is 5.45. The van der Waals surface area contributed by atoms with Gasteiger partial charge in [0.2, 0.25) is 0 Å². The van der Waals surface area contributed by atoms with Crippen molar-refractivity contribution in [2.75, 3.05) is 26.8 Å². The zero-order valence-electron chi connectivity index (χ0n) is 12.7. The van der Waals surface area contributed by atoms with Gasteiger partial charge < -0.3 is 15.0 Å². The Balaban J connectivity index is 1.78. The summed E-state index contributed by atoms with van der Waals surface area (Å²) >= 11 is 1.70. The molecule has 1 atom stereocenters. The van der Waals surface area contributed by atoms with E-state index in [1.165, 1.54) is 4.70 Å². The van der Waals surface area contributed by atoms with Crippen molar-refractivity contribution < 1.29 is 9.53 Å². The highest BCUT2D eigenvalue weighted by atomic mass is 32.1. The van der Waals surface area contributed by atoms with E-state index in [4.69, 9.17) is 9.72 Å². The van der Waals surface area contributed by atoms with E-state index in [1.54, 1.807) is 18.4 Å². The number of nitrogens with zero attached hydrogens (tertiary/aromatic N) is 2. The second-order valence-corrected chi connectivity index (χ2v) is 6.51. The molecule has 2 aromatic rings. The zero-order valence-corrected chi connectivity index (χ0v) is 13.6. The van der Waals surface area contributed by atoms with E-state index in [1.807, 2.05) is 23.1 Å². The fraction of sp³-hybridized carbons (Fsp3) is 0.500. The number of amides is 2. The smallest absolute Gasteiger partial charge is 0.318 e. The van der Waals surface area contributed by atoms with Crippen LogP contribution in [0.5, 0.6) is 0 Å². The van der Waals surface area contributed by atoms with Crippen LogP contribution in [-0.2, 0) is 4.74 Å². The molecule has 3 rings (SSSR count). The third-order valence-electron chi connectivity index (χ3n) is 3.94. The van der Waals surface area contributed by atoms with E-state index >= 15 is 0 Å². The number of carbonyl (C=O) groups excluding carboxylic acids is 1. The van der Waals surface area contributed by atoms with Crippen molar-refractivity contribution in [3.63, 3.8) is 0 Å². The Morgan fingerprint density at radius 2 is 2.32 bits per heavy atom. The fourth-order valence-electron chi connectivity index (χ4n) is 2.83. The monoisotopic (exact) mass is 319 g/mol. The number of carbonyl (C=O) groups is 1. The molecule has 0 bridgehead atoms. The predicted molar refractivity (Wildman–Crippen MR) is 88.2 cm³/mol. The van der Waals surface area contributed by atoms with Crippen molar-refractivity contribution in [2.24, 2.45) is 0 Å². The highest BCUT2D eigenvalue weighted by molar-refractivity contribution is 7.18. The van der Waals surface area contributed by atoms with Gasteiger partial charge in [0.05, 0.1) is 22.9 Å². The average Bonchev–Trinajstić information content (AvgIpc) is 2.99. The van der Waals surface area contributed by atoms with Crippen molar-refractivity contribution in [2.45, 2.75) is 25.3 Å². The number of fused-ring (bicyclic) bond motifs is 1. The molecule has 0 aliphatic carbocycles. The molecular formula is C16H21N3O2S. The normalized spacial score (nSPS) is 18.6. The van der Waals surface area contributed by atoms with Crippen LogP contribution in [0, 0.1) is 0 Å². The van der Waals surface area contributed by atoms with Crippen molar-refractivity contribution >= 4 is 27.6 Å². The molecule has 1 aromatic heterocycles. The summed E-state index contributed by atoms with van der Waals surface area (Å²) in [6.07, 6.45) is 3.18.